The van der Waals surface area contributed by atoms with Gasteiger partial charge in [-0.25, -0.2) is 0 Å². The summed E-state index contributed by atoms with van der Waals surface area (Å²) in [5.74, 6) is -3.43. The maximum Gasteiger partial charge on any atom is 0.305 e. The van der Waals surface area contributed by atoms with E-state index >= 15 is 0 Å². The zero-order valence-electron chi connectivity index (χ0n) is 18.3. The number of esters is 2. The van der Waals surface area contributed by atoms with Crippen LogP contribution in [0.25, 0.3) is 0 Å². The number of carbonyl (C=O) groups is 4. The van der Waals surface area contributed by atoms with Crippen LogP contribution in [-0.2, 0) is 33.4 Å². The highest BCUT2D eigenvalue weighted by Crippen LogP contribution is 2.50. The van der Waals surface area contributed by atoms with E-state index in [2.05, 4.69) is 15.9 Å². The zero-order chi connectivity index (χ0) is 24.9. The van der Waals surface area contributed by atoms with Gasteiger partial charge in [0.1, 0.15) is 0 Å². The second-order valence-corrected chi connectivity index (χ2v) is 8.35. The molecule has 12 heteroatoms. The molecule has 0 aromatic heterocycles. The van der Waals surface area contributed by atoms with Gasteiger partial charge in [-0.05, 0) is 25.2 Å². The molecule has 0 N–H and O–H groups in total. The first kappa shape index (κ1) is 26.1. The van der Waals surface area contributed by atoms with Crippen molar-refractivity contribution in [3.63, 3.8) is 0 Å². The van der Waals surface area contributed by atoms with E-state index in [4.69, 9.17) is 14.2 Å². The zero-order valence-corrected chi connectivity index (χ0v) is 19.9. The molecule has 0 aromatic carbocycles. The van der Waals surface area contributed by atoms with Crippen molar-refractivity contribution < 1.29 is 38.3 Å². The summed E-state index contributed by atoms with van der Waals surface area (Å²) in [4.78, 5) is 58.8. The molecule has 0 aromatic rings. The first-order valence-corrected chi connectivity index (χ1v) is 10.6. The standard InChI is InChI=1S/C21H23BrN2O9/c1-12(5-6-16(22)8-10-24(29)30)23(11-25)19(28)18-13(2)21(9-7-17(18)33-21)20(31-14(3)26)32-15(4)27/h5-11,13,17-18,20H,1-4H3/b10-8+,12-5+,16-6+. The summed E-state index contributed by atoms with van der Waals surface area (Å²) in [6.45, 7) is 5.50. The Hall–Kier alpha value is -3.12. The van der Waals surface area contributed by atoms with E-state index in [1.165, 1.54) is 25.2 Å². The molecule has 0 saturated carbocycles. The molecule has 2 aliphatic rings. The number of fused-ring (bicyclic) bond motifs is 2. The van der Waals surface area contributed by atoms with Gasteiger partial charge in [0, 0.05) is 36.0 Å². The van der Waals surface area contributed by atoms with Crippen molar-refractivity contribution in [2.45, 2.75) is 45.7 Å². The first-order valence-electron chi connectivity index (χ1n) is 9.78. The largest absolute Gasteiger partial charge is 0.422 e. The fourth-order valence-electron chi connectivity index (χ4n) is 3.73. The van der Waals surface area contributed by atoms with Crippen molar-refractivity contribution in [2.75, 3.05) is 0 Å². The van der Waals surface area contributed by atoms with Crippen molar-refractivity contribution in [3.05, 3.63) is 56.9 Å². The Balaban J connectivity index is 2.29. The number of rotatable bonds is 9. The summed E-state index contributed by atoms with van der Waals surface area (Å²) in [6, 6.07) is 0. The second-order valence-electron chi connectivity index (χ2n) is 7.43. The molecule has 0 aliphatic carbocycles. The highest BCUT2D eigenvalue weighted by atomic mass is 79.9. The molecule has 2 heterocycles. The van der Waals surface area contributed by atoms with Gasteiger partial charge < -0.3 is 14.2 Å². The average molecular weight is 527 g/mol. The van der Waals surface area contributed by atoms with Crippen LogP contribution < -0.4 is 0 Å². The number of allylic oxidation sites excluding steroid dienone is 5. The lowest BCUT2D eigenvalue weighted by Gasteiger charge is -2.36. The predicted octanol–water partition coefficient (Wildman–Crippen LogP) is 2.36. The van der Waals surface area contributed by atoms with Crippen LogP contribution in [0.5, 0.6) is 0 Å². The molecule has 4 atom stereocenters. The molecule has 2 rings (SSSR count). The number of halogens is 1. The topological polar surface area (TPSA) is 142 Å². The van der Waals surface area contributed by atoms with Crippen LogP contribution in [0.1, 0.15) is 27.7 Å². The van der Waals surface area contributed by atoms with Gasteiger partial charge in [-0.2, -0.15) is 0 Å². The molecule has 2 aliphatic heterocycles. The summed E-state index contributed by atoms with van der Waals surface area (Å²) < 4.78 is 16.6. The van der Waals surface area contributed by atoms with E-state index in [0.29, 0.717) is 10.9 Å². The van der Waals surface area contributed by atoms with Crippen LogP contribution in [0.15, 0.2) is 46.8 Å². The minimum Gasteiger partial charge on any atom is -0.422 e. The van der Waals surface area contributed by atoms with E-state index in [0.717, 1.165) is 24.9 Å². The molecule has 1 fully saturated rings. The van der Waals surface area contributed by atoms with Crippen LogP contribution in [0.2, 0.25) is 0 Å². The predicted molar refractivity (Wildman–Crippen MR) is 117 cm³/mol. The van der Waals surface area contributed by atoms with Crippen LogP contribution in [0.3, 0.4) is 0 Å². The lowest BCUT2D eigenvalue weighted by Crippen LogP contribution is -2.51. The Kier molecular flexibility index (Phi) is 8.45. The Labute approximate surface area is 198 Å². The van der Waals surface area contributed by atoms with E-state index in [9.17, 15) is 29.3 Å². The van der Waals surface area contributed by atoms with Crippen molar-refractivity contribution in [2.24, 2.45) is 11.8 Å². The number of amides is 2. The van der Waals surface area contributed by atoms with Gasteiger partial charge in [-0.1, -0.05) is 28.9 Å². The number of carbonyl (C=O) groups excluding carboxylic acids is 4. The summed E-state index contributed by atoms with van der Waals surface area (Å²) in [6.07, 6.45) is 6.22. The smallest absolute Gasteiger partial charge is 0.305 e. The van der Waals surface area contributed by atoms with Gasteiger partial charge in [-0.3, -0.25) is 34.2 Å². The number of nitrogens with zero attached hydrogens (tertiary/aromatic N) is 2. The van der Waals surface area contributed by atoms with Crippen molar-refractivity contribution in [1.82, 2.24) is 4.90 Å². The monoisotopic (exact) mass is 526 g/mol. The van der Waals surface area contributed by atoms with Crippen LogP contribution in [0.4, 0.5) is 0 Å². The van der Waals surface area contributed by atoms with E-state index in [1.54, 1.807) is 19.1 Å². The third-order valence-corrected chi connectivity index (χ3v) is 5.78. The molecular formula is C21H23BrN2O9. The molecule has 2 bridgehead atoms. The van der Waals surface area contributed by atoms with Crippen LogP contribution >= 0.6 is 15.9 Å². The lowest BCUT2D eigenvalue weighted by atomic mass is 9.75. The van der Waals surface area contributed by atoms with Gasteiger partial charge in [0.25, 0.3) is 6.29 Å². The van der Waals surface area contributed by atoms with Crippen molar-refractivity contribution in [3.8, 4) is 0 Å². The normalized spacial score (nSPS) is 26.5. The van der Waals surface area contributed by atoms with Crippen LogP contribution in [-0.4, -0.2) is 52.1 Å². The highest BCUT2D eigenvalue weighted by Gasteiger charge is 2.63. The average Bonchev–Trinajstić information content (AvgIpc) is 3.27. The molecule has 4 unspecified atom stereocenters. The SMILES string of the molecule is CC(=O)OC(OC(C)=O)C12C=CC(O1)C(C(=O)N(C=O)/C(C)=C/C=C(Br)\C=C\[N+](=O)[O-])C2C. The maximum absolute atomic E-state index is 13.3. The number of imide groups is 1. The number of nitro groups is 1. The Bertz CT molecular complexity index is 955. The first-order chi connectivity index (χ1) is 15.4. The molecule has 178 valence electrons. The van der Waals surface area contributed by atoms with Crippen molar-refractivity contribution in [1.29, 1.82) is 0 Å². The van der Waals surface area contributed by atoms with Gasteiger partial charge >= 0.3 is 11.9 Å². The molecule has 11 nitrogen and oxygen atoms in total. The van der Waals surface area contributed by atoms with Gasteiger partial charge in [0.05, 0.1) is 16.9 Å². The number of hydrogen-bond donors (Lipinski definition) is 0. The number of hydrogen-bond acceptors (Lipinski definition) is 9. The Morgan fingerprint density at radius 1 is 1.21 bits per heavy atom. The highest BCUT2D eigenvalue weighted by molar-refractivity contribution is 9.11. The molecule has 1 saturated heterocycles. The molecule has 0 radical (unpaired) electrons. The second kappa shape index (κ2) is 10.7. The van der Waals surface area contributed by atoms with Crippen LogP contribution in [0, 0.1) is 22.0 Å². The maximum atomic E-state index is 13.3. The quantitative estimate of drug-likeness (QED) is 0.0840. The molecule has 2 amide bonds. The third-order valence-electron chi connectivity index (χ3n) is 5.25. The third kappa shape index (κ3) is 5.82. The summed E-state index contributed by atoms with van der Waals surface area (Å²) in [7, 11) is 0. The molecular weight excluding hydrogens is 504 g/mol. The van der Waals surface area contributed by atoms with Gasteiger partial charge in [0.15, 0.2) is 5.60 Å². The minimum absolute atomic E-state index is 0.256. The lowest BCUT2D eigenvalue weighted by molar-refractivity contribution is -0.402. The van der Waals surface area contributed by atoms with Gasteiger partial charge in [0.2, 0.25) is 18.5 Å². The van der Waals surface area contributed by atoms with Gasteiger partial charge in [-0.15, -0.1) is 0 Å². The fraction of sp³-hybridized carbons (Fsp3) is 0.429. The fourth-order valence-corrected chi connectivity index (χ4v) is 3.98. The summed E-state index contributed by atoms with van der Waals surface area (Å²) in [5, 5.41) is 10.4. The Morgan fingerprint density at radius 3 is 2.33 bits per heavy atom. The summed E-state index contributed by atoms with van der Waals surface area (Å²) >= 11 is 3.13. The van der Waals surface area contributed by atoms with Crippen molar-refractivity contribution >= 4 is 40.2 Å². The number of ether oxygens (including phenoxy) is 3. The minimum atomic E-state index is -1.41. The van der Waals surface area contributed by atoms with E-state index in [-0.39, 0.29) is 5.70 Å². The van der Waals surface area contributed by atoms with E-state index in [1.807, 2.05) is 0 Å². The summed E-state index contributed by atoms with van der Waals surface area (Å²) in [5.41, 5.74) is -1.13. The van der Waals surface area contributed by atoms with E-state index < -0.39 is 52.6 Å². The Morgan fingerprint density at radius 2 is 1.82 bits per heavy atom. The molecule has 33 heavy (non-hydrogen) atoms. The molecule has 0 spiro atoms.